The number of hydrogen-bond acceptors (Lipinski definition) is 5. The van der Waals surface area contributed by atoms with Gasteiger partial charge in [-0.2, -0.15) is 0 Å². The van der Waals surface area contributed by atoms with Gasteiger partial charge in [-0.05, 0) is 6.92 Å². The average Bonchev–Trinajstić information content (AvgIpc) is 2.62. The average molecular weight is 273 g/mol. The van der Waals surface area contributed by atoms with E-state index in [4.69, 9.17) is 5.11 Å². The number of aromatic nitrogens is 1. The van der Waals surface area contributed by atoms with Crippen molar-refractivity contribution in [2.45, 2.75) is 6.92 Å². The lowest BCUT2D eigenvalue weighted by Crippen LogP contribution is -2.38. The quantitative estimate of drug-likeness (QED) is 0.528. The molecule has 0 aliphatic carbocycles. The molecule has 0 aromatic carbocycles. The Bertz CT molecular complexity index is 533. The maximum atomic E-state index is 11.6. The third-order valence-corrected chi connectivity index (χ3v) is 2.86. The molecule has 0 spiro atoms. The zero-order valence-corrected chi connectivity index (χ0v) is 10.2. The highest BCUT2D eigenvalue weighted by molar-refractivity contribution is 7.11. The molecule has 9 heteroatoms. The maximum Gasteiger partial charge on any atom is 0.322 e. The van der Waals surface area contributed by atoms with Crippen molar-refractivity contribution in [3.05, 3.63) is 20.2 Å². The van der Waals surface area contributed by atoms with Crippen molar-refractivity contribution in [2.75, 3.05) is 13.1 Å². The fourth-order valence-electron chi connectivity index (χ4n) is 1.10. The van der Waals surface area contributed by atoms with Gasteiger partial charge in [-0.25, -0.2) is 0 Å². The van der Waals surface area contributed by atoms with E-state index in [9.17, 15) is 19.2 Å². The Morgan fingerprint density at radius 3 is 2.44 bits per heavy atom. The summed E-state index contributed by atoms with van der Waals surface area (Å²) in [5.41, 5.74) is 0.424. The zero-order chi connectivity index (χ0) is 13.7. The van der Waals surface area contributed by atoms with Crippen LogP contribution in [0.15, 0.2) is 4.79 Å². The van der Waals surface area contributed by atoms with Crippen LogP contribution in [0.2, 0.25) is 0 Å². The number of carbonyl (C=O) groups excluding carboxylic acids is 2. The molecule has 0 unspecified atom stereocenters. The molecule has 0 aliphatic rings. The van der Waals surface area contributed by atoms with Crippen LogP contribution in [0, 0.1) is 6.92 Å². The van der Waals surface area contributed by atoms with E-state index in [0.717, 1.165) is 11.3 Å². The Morgan fingerprint density at radius 1 is 1.28 bits per heavy atom. The second-order valence-electron chi connectivity index (χ2n) is 3.32. The van der Waals surface area contributed by atoms with Crippen molar-refractivity contribution in [1.29, 1.82) is 0 Å². The zero-order valence-electron chi connectivity index (χ0n) is 9.40. The van der Waals surface area contributed by atoms with Crippen LogP contribution in [-0.2, 0) is 9.59 Å². The van der Waals surface area contributed by atoms with Crippen LogP contribution in [0.3, 0.4) is 0 Å². The predicted molar refractivity (Wildman–Crippen MR) is 62.7 cm³/mol. The lowest BCUT2D eigenvalue weighted by Gasteiger charge is -2.04. The number of nitrogens with one attached hydrogen (secondary N) is 3. The highest BCUT2D eigenvalue weighted by Crippen LogP contribution is 2.06. The molecule has 0 fully saturated rings. The second kappa shape index (κ2) is 5.96. The van der Waals surface area contributed by atoms with Crippen LogP contribution in [0.5, 0.6) is 0 Å². The normalized spacial score (nSPS) is 9.83. The minimum absolute atomic E-state index is 0.200. The van der Waals surface area contributed by atoms with Crippen molar-refractivity contribution in [1.82, 2.24) is 15.6 Å². The van der Waals surface area contributed by atoms with Crippen LogP contribution in [0.1, 0.15) is 15.4 Å². The Balaban J connectivity index is 2.47. The number of aromatic amines is 1. The highest BCUT2D eigenvalue weighted by atomic mass is 32.1. The number of carboxylic acid groups (broad SMARTS) is 1. The molecule has 0 saturated heterocycles. The van der Waals surface area contributed by atoms with Crippen molar-refractivity contribution in [2.24, 2.45) is 0 Å². The molecule has 2 amide bonds. The van der Waals surface area contributed by atoms with Gasteiger partial charge in [0, 0.05) is 5.69 Å². The van der Waals surface area contributed by atoms with Crippen LogP contribution in [0.4, 0.5) is 0 Å². The van der Waals surface area contributed by atoms with Gasteiger partial charge in [-0.1, -0.05) is 11.3 Å². The summed E-state index contributed by atoms with van der Waals surface area (Å²) in [5.74, 6) is -2.35. The third-order valence-electron chi connectivity index (χ3n) is 1.88. The predicted octanol–water partition coefficient (Wildman–Crippen LogP) is -1.32. The van der Waals surface area contributed by atoms with E-state index in [2.05, 4.69) is 15.6 Å². The molecule has 0 bridgehead atoms. The first kappa shape index (κ1) is 13.9. The van der Waals surface area contributed by atoms with E-state index in [1.54, 1.807) is 6.92 Å². The van der Waals surface area contributed by atoms with Gasteiger partial charge in [0.1, 0.15) is 11.4 Å². The first-order valence-electron chi connectivity index (χ1n) is 4.86. The van der Waals surface area contributed by atoms with Gasteiger partial charge >= 0.3 is 10.8 Å². The molecule has 8 nitrogen and oxygen atoms in total. The summed E-state index contributed by atoms with van der Waals surface area (Å²) < 4.78 is 0. The number of thiazole rings is 1. The van der Waals surface area contributed by atoms with E-state index in [1.165, 1.54) is 0 Å². The topological polar surface area (TPSA) is 128 Å². The van der Waals surface area contributed by atoms with Gasteiger partial charge in [0.25, 0.3) is 5.91 Å². The maximum absolute atomic E-state index is 11.6. The summed E-state index contributed by atoms with van der Waals surface area (Å²) in [6.07, 6.45) is 0. The molecule has 1 aromatic heterocycles. The summed E-state index contributed by atoms with van der Waals surface area (Å²) in [5, 5.41) is 12.7. The van der Waals surface area contributed by atoms with E-state index >= 15 is 0 Å². The van der Waals surface area contributed by atoms with E-state index in [1.807, 2.05) is 0 Å². The molecule has 18 heavy (non-hydrogen) atoms. The van der Waals surface area contributed by atoms with Gasteiger partial charge in [0.05, 0.1) is 6.54 Å². The van der Waals surface area contributed by atoms with Crippen LogP contribution < -0.4 is 15.5 Å². The van der Waals surface area contributed by atoms with Crippen LogP contribution in [0.25, 0.3) is 0 Å². The Hall–Kier alpha value is -2.16. The second-order valence-corrected chi connectivity index (χ2v) is 4.30. The van der Waals surface area contributed by atoms with Gasteiger partial charge < -0.3 is 20.7 Å². The van der Waals surface area contributed by atoms with Crippen molar-refractivity contribution >= 4 is 29.1 Å². The van der Waals surface area contributed by atoms with E-state index < -0.39 is 24.3 Å². The van der Waals surface area contributed by atoms with Crippen molar-refractivity contribution in [3.8, 4) is 0 Å². The fraction of sp³-hybridized carbons (Fsp3) is 0.333. The molecular weight excluding hydrogens is 262 g/mol. The molecule has 0 saturated carbocycles. The number of aryl methyl sites for hydroxylation is 1. The number of H-pyrrole nitrogens is 1. The van der Waals surface area contributed by atoms with Crippen LogP contribution in [-0.4, -0.2) is 41.0 Å². The van der Waals surface area contributed by atoms with Crippen LogP contribution >= 0.6 is 11.3 Å². The van der Waals surface area contributed by atoms with Crippen molar-refractivity contribution < 1.29 is 19.5 Å². The lowest BCUT2D eigenvalue weighted by atomic mass is 10.3. The largest absolute Gasteiger partial charge is 0.480 e. The monoisotopic (exact) mass is 273 g/mol. The van der Waals surface area contributed by atoms with Gasteiger partial charge in [-0.15, -0.1) is 0 Å². The van der Waals surface area contributed by atoms with Gasteiger partial charge in [0.2, 0.25) is 5.91 Å². The molecule has 0 atom stereocenters. The Morgan fingerprint density at radius 2 is 1.94 bits per heavy atom. The minimum Gasteiger partial charge on any atom is -0.480 e. The SMILES string of the molecule is Cc1[nH]c(=O)sc1C(=O)NCC(=O)NCC(=O)O. The molecule has 0 aliphatic heterocycles. The van der Waals surface area contributed by atoms with E-state index in [0.29, 0.717) is 5.69 Å². The number of carbonyl (C=O) groups is 3. The lowest BCUT2D eigenvalue weighted by molar-refractivity contribution is -0.137. The molecule has 1 rings (SSSR count). The Kier molecular flexibility index (Phi) is 4.60. The summed E-state index contributed by atoms with van der Waals surface area (Å²) in [6, 6.07) is 0. The number of hydrogen-bond donors (Lipinski definition) is 4. The van der Waals surface area contributed by atoms with Crippen molar-refractivity contribution in [3.63, 3.8) is 0 Å². The third kappa shape index (κ3) is 4.01. The Labute approximate surface area is 105 Å². The highest BCUT2D eigenvalue weighted by Gasteiger charge is 2.14. The number of amides is 2. The molecule has 0 radical (unpaired) electrons. The molecule has 1 aromatic rings. The summed E-state index contributed by atoms with van der Waals surface area (Å²) >= 11 is 0.743. The molecule has 4 N–H and O–H groups in total. The molecular formula is C9H11N3O5S. The first-order chi connectivity index (χ1) is 8.40. The summed E-state index contributed by atoms with van der Waals surface area (Å²) in [6.45, 7) is 0.709. The first-order valence-corrected chi connectivity index (χ1v) is 5.68. The standard InChI is InChI=1S/C9H11N3O5S/c1-4-7(18-9(17)12-4)8(16)11-2-5(13)10-3-6(14)15/h2-3H2,1H3,(H,10,13)(H,11,16)(H,12,17)(H,14,15). The summed E-state index contributed by atoms with van der Waals surface area (Å²) in [4.78, 5) is 46.1. The fourth-order valence-corrected chi connectivity index (χ4v) is 1.86. The number of carboxylic acids is 1. The summed E-state index contributed by atoms with van der Waals surface area (Å²) in [7, 11) is 0. The smallest absolute Gasteiger partial charge is 0.322 e. The molecule has 98 valence electrons. The molecule has 1 heterocycles. The number of rotatable bonds is 5. The van der Waals surface area contributed by atoms with Gasteiger partial charge in [-0.3, -0.25) is 19.2 Å². The minimum atomic E-state index is -1.17. The number of aliphatic carboxylic acids is 1. The van der Waals surface area contributed by atoms with E-state index in [-0.39, 0.29) is 16.3 Å². The van der Waals surface area contributed by atoms with Gasteiger partial charge in [0.15, 0.2) is 0 Å².